The van der Waals surface area contributed by atoms with E-state index in [0.29, 0.717) is 5.89 Å². The Morgan fingerprint density at radius 3 is 1.56 bits per heavy atom. The van der Waals surface area contributed by atoms with Crippen molar-refractivity contribution in [1.82, 2.24) is 9.97 Å². The molecule has 6 aromatic carbocycles. The molecule has 8 rings (SSSR count). The van der Waals surface area contributed by atoms with Gasteiger partial charge < -0.3 is 4.42 Å². The minimum absolute atomic E-state index is 0.634. The largest absolute Gasteiger partial charge is 0.436 e. The Bertz CT molecular complexity index is 2090. The van der Waals surface area contributed by atoms with Gasteiger partial charge in [-0.1, -0.05) is 109 Å². The van der Waals surface area contributed by atoms with Gasteiger partial charge in [0.2, 0.25) is 5.89 Å². The minimum Gasteiger partial charge on any atom is -0.436 e. The zero-order chi connectivity index (χ0) is 27.2. The van der Waals surface area contributed by atoms with E-state index >= 15 is 0 Å². The maximum Gasteiger partial charge on any atom is 0.227 e. The summed E-state index contributed by atoms with van der Waals surface area (Å²) in [5.41, 5.74) is 9.39. The van der Waals surface area contributed by atoms with Crippen LogP contribution in [0.1, 0.15) is 0 Å². The lowest BCUT2D eigenvalue weighted by atomic mass is 9.86. The van der Waals surface area contributed by atoms with E-state index in [1.807, 2.05) is 48.7 Å². The highest BCUT2D eigenvalue weighted by Gasteiger charge is 2.17. The molecule has 0 amide bonds. The molecule has 0 aliphatic heterocycles. The number of rotatable bonds is 4. The summed E-state index contributed by atoms with van der Waals surface area (Å²) in [6.07, 6.45) is 2.01. The Hall–Kier alpha value is -5.54. The molecule has 0 spiro atoms. The fourth-order valence-electron chi connectivity index (χ4n) is 5.85. The van der Waals surface area contributed by atoms with Crippen molar-refractivity contribution < 1.29 is 4.42 Å². The van der Waals surface area contributed by atoms with Crippen LogP contribution in [0.3, 0.4) is 0 Å². The van der Waals surface area contributed by atoms with Gasteiger partial charge >= 0.3 is 0 Å². The summed E-state index contributed by atoms with van der Waals surface area (Å²) in [6, 6.07) is 48.4. The summed E-state index contributed by atoms with van der Waals surface area (Å²) in [4.78, 5) is 9.54. The molecule has 2 aromatic heterocycles. The Labute approximate surface area is 237 Å². The first kappa shape index (κ1) is 23.4. The van der Waals surface area contributed by atoms with Crippen LogP contribution in [-0.4, -0.2) is 9.97 Å². The summed E-state index contributed by atoms with van der Waals surface area (Å²) in [7, 11) is 0. The number of fused-ring (bicyclic) bond motifs is 3. The Morgan fingerprint density at radius 2 is 0.951 bits per heavy atom. The molecule has 3 nitrogen and oxygen atoms in total. The van der Waals surface area contributed by atoms with Gasteiger partial charge in [0.05, 0.1) is 5.69 Å². The zero-order valence-corrected chi connectivity index (χ0v) is 22.2. The van der Waals surface area contributed by atoms with Crippen molar-refractivity contribution in [2.45, 2.75) is 0 Å². The van der Waals surface area contributed by atoms with Gasteiger partial charge in [-0.3, -0.25) is 4.98 Å². The lowest BCUT2D eigenvalue weighted by Crippen LogP contribution is -1.92. The van der Waals surface area contributed by atoms with Crippen LogP contribution >= 0.6 is 0 Å². The molecule has 0 saturated heterocycles. The van der Waals surface area contributed by atoms with Gasteiger partial charge in [-0.25, -0.2) is 4.98 Å². The molecule has 192 valence electrons. The third-order valence-corrected chi connectivity index (χ3v) is 7.77. The number of aromatic nitrogens is 2. The quantitative estimate of drug-likeness (QED) is 0.215. The number of benzene rings is 6. The van der Waals surface area contributed by atoms with Crippen molar-refractivity contribution >= 4 is 32.6 Å². The summed E-state index contributed by atoms with van der Waals surface area (Å²) >= 11 is 0. The number of hydrogen-bond acceptors (Lipinski definition) is 3. The first-order chi connectivity index (χ1) is 20.3. The molecule has 0 N–H and O–H groups in total. The van der Waals surface area contributed by atoms with Gasteiger partial charge in [-0.15, -0.1) is 0 Å². The third-order valence-electron chi connectivity index (χ3n) is 7.77. The number of oxazole rings is 1. The van der Waals surface area contributed by atoms with Gasteiger partial charge in [0.15, 0.2) is 5.58 Å². The Morgan fingerprint density at radius 1 is 0.415 bits per heavy atom. The highest BCUT2D eigenvalue weighted by molar-refractivity contribution is 6.21. The number of pyridine rings is 1. The molecular weight excluding hydrogens is 500 g/mol. The van der Waals surface area contributed by atoms with Crippen molar-refractivity contribution in [3.8, 4) is 45.0 Å². The van der Waals surface area contributed by atoms with Crippen LogP contribution in [0.5, 0.6) is 0 Å². The highest BCUT2D eigenvalue weighted by atomic mass is 16.3. The van der Waals surface area contributed by atoms with Gasteiger partial charge in [-0.2, -0.15) is 0 Å². The fourth-order valence-corrected chi connectivity index (χ4v) is 5.85. The van der Waals surface area contributed by atoms with Crippen molar-refractivity contribution in [1.29, 1.82) is 0 Å². The minimum atomic E-state index is 0.634. The fraction of sp³-hybridized carbons (Fsp3) is 0. The van der Waals surface area contributed by atoms with Crippen LogP contribution < -0.4 is 0 Å². The predicted molar refractivity (Wildman–Crippen MR) is 169 cm³/mol. The maximum atomic E-state index is 6.02. The standard InChI is InChI=1S/C38H24N2O/c1-2-10-25(11-3-1)33-23-22-28(24-39-33)37-31-14-6-4-12-29(31)36(30-13-5-7-15-32(30)37)26-18-20-27(21-19-26)38-40-34-16-8-9-17-35(34)41-38/h1-24H. The summed E-state index contributed by atoms with van der Waals surface area (Å²) in [6.45, 7) is 0. The average molecular weight is 525 g/mol. The lowest BCUT2D eigenvalue weighted by molar-refractivity contribution is 0.620. The highest BCUT2D eigenvalue weighted by Crippen LogP contribution is 2.43. The molecule has 0 aliphatic carbocycles. The number of para-hydroxylation sites is 2. The molecule has 3 heteroatoms. The van der Waals surface area contributed by atoms with E-state index < -0.39 is 0 Å². The molecule has 0 radical (unpaired) electrons. The third kappa shape index (κ3) is 3.98. The first-order valence-electron chi connectivity index (χ1n) is 13.8. The zero-order valence-electron chi connectivity index (χ0n) is 22.2. The number of nitrogens with zero attached hydrogens (tertiary/aromatic N) is 2. The second-order valence-corrected chi connectivity index (χ2v) is 10.2. The van der Waals surface area contributed by atoms with Crippen molar-refractivity contribution in [2.24, 2.45) is 0 Å². The van der Waals surface area contributed by atoms with Gasteiger partial charge in [-0.05, 0) is 68.6 Å². The van der Waals surface area contributed by atoms with E-state index in [9.17, 15) is 0 Å². The summed E-state index contributed by atoms with van der Waals surface area (Å²) in [5, 5.41) is 4.84. The molecule has 2 heterocycles. The van der Waals surface area contributed by atoms with Crippen LogP contribution in [0.25, 0.3) is 77.6 Å². The lowest BCUT2D eigenvalue weighted by Gasteiger charge is -2.17. The van der Waals surface area contributed by atoms with E-state index in [4.69, 9.17) is 9.40 Å². The van der Waals surface area contributed by atoms with Crippen LogP contribution in [0.2, 0.25) is 0 Å². The second kappa shape index (κ2) is 9.58. The monoisotopic (exact) mass is 524 g/mol. The molecule has 41 heavy (non-hydrogen) atoms. The topological polar surface area (TPSA) is 38.9 Å². The van der Waals surface area contributed by atoms with Crippen LogP contribution in [0.15, 0.2) is 150 Å². The maximum absolute atomic E-state index is 6.02. The Balaban J connectivity index is 1.29. The van der Waals surface area contributed by atoms with Crippen molar-refractivity contribution in [3.05, 3.63) is 146 Å². The van der Waals surface area contributed by atoms with E-state index in [1.54, 1.807) is 0 Å². The average Bonchev–Trinajstić information content (AvgIpc) is 3.49. The molecule has 0 fully saturated rings. The van der Waals surface area contributed by atoms with E-state index in [1.165, 1.54) is 32.7 Å². The molecule has 0 unspecified atom stereocenters. The van der Waals surface area contributed by atoms with Crippen LogP contribution in [0, 0.1) is 0 Å². The van der Waals surface area contributed by atoms with Crippen molar-refractivity contribution in [3.63, 3.8) is 0 Å². The molecule has 8 aromatic rings. The normalized spacial score (nSPS) is 11.4. The van der Waals surface area contributed by atoms with E-state index in [2.05, 4.69) is 102 Å². The first-order valence-corrected chi connectivity index (χ1v) is 13.8. The molecule has 0 aliphatic rings. The summed E-state index contributed by atoms with van der Waals surface area (Å²) < 4.78 is 6.02. The van der Waals surface area contributed by atoms with E-state index in [0.717, 1.165) is 39.0 Å². The molecular formula is C38H24N2O. The van der Waals surface area contributed by atoms with Crippen molar-refractivity contribution in [2.75, 3.05) is 0 Å². The Kier molecular flexibility index (Phi) is 5.46. The molecule has 0 atom stereocenters. The smallest absolute Gasteiger partial charge is 0.227 e. The van der Waals surface area contributed by atoms with Gasteiger partial charge in [0, 0.05) is 22.9 Å². The second-order valence-electron chi connectivity index (χ2n) is 10.2. The molecule has 0 saturated carbocycles. The number of hydrogen-bond donors (Lipinski definition) is 0. The van der Waals surface area contributed by atoms with Gasteiger partial charge in [0.25, 0.3) is 0 Å². The van der Waals surface area contributed by atoms with Crippen LogP contribution in [0.4, 0.5) is 0 Å². The van der Waals surface area contributed by atoms with Gasteiger partial charge in [0.1, 0.15) is 5.52 Å². The summed E-state index contributed by atoms with van der Waals surface area (Å²) in [5.74, 6) is 0.634. The predicted octanol–water partition coefficient (Wildman–Crippen LogP) is 10.2. The molecule has 0 bridgehead atoms. The van der Waals surface area contributed by atoms with E-state index in [-0.39, 0.29) is 0 Å². The SMILES string of the molecule is c1ccc(-c2ccc(-c3c4ccccc4c(-c4ccc(-c5nc6ccccc6o5)cc4)c4ccccc34)cn2)cc1. The van der Waals surface area contributed by atoms with Crippen LogP contribution in [-0.2, 0) is 0 Å².